The Hall–Kier alpha value is -2.67. The van der Waals surface area contributed by atoms with Crippen molar-refractivity contribution in [2.45, 2.75) is 25.3 Å². The smallest absolute Gasteiger partial charge is 0.216 e. The first-order valence-corrected chi connectivity index (χ1v) is 8.40. The number of nitrogens with one attached hydrogen (secondary N) is 2. The number of rotatable bonds is 5. The summed E-state index contributed by atoms with van der Waals surface area (Å²) < 4.78 is 24.4. The predicted octanol–water partition coefficient (Wildman–Crippen LogP) is 3.25. The summed E-state index contributed by atoms with van der Waals surface area (Å²) in [5.41, 5.74) is 1.01. The van der Waals surface area contributed by atoms with Gasteiger partial charge < -0.3 is 14.5 Å². The van der Waals surface area contributed by atoms with E-state index < -0.39 is 0 Å². The highest BCUT2D eigenvalue weighted by molar-refractivity contribution is 5.45. The zero-order chi connectivity index (χ0) is 17.1. The van der Waals surface area contributed by atoms with Gasteiger partial charge in [-0.2, -0.15) is 5.10 Å². The summed E-state index contributed by atoms with van der Waals surface area (Å²) in [7, 11) is 0. The summed E-state index contributed by atoms with van der Waals surface area (Å²) in [5.74, 6) is 2.36. The van der Waals surface area contributed by atoms with Crippen LogP contribution in [0.2, 0.25) is 0 Å². The van der Waals surface area contributed by atoms with Gasteiger partial charge in [0.2, 0.25) is 5.82 Å². The fourth-order valence-electron chi connectivity index (χ4n) is 3.05. The Bertz CT molecular complexity index is 831. The maximum Gasteiger partial charge on any atom is 0.216 e. The molecule has 2 N–H and O–H groups in total. The summed E-state index contributed by atoms with van der Waals surface area (Å²) in [6, 6.07) is 8.52. The van der Waals surface area contributed by atoms with Gasteiger partial charge in [-0.3, -0.25) is 5.10 Å². The fraction of sp³-hybridized carbons (Fsp3) is 0.333. The maximum atomic E-state index is 13.4. The van der Waals surface area contributed by atoms with Crippen molar-refractivity contribution in [3.05, 3.63) is 53.8 Å². The van der Waals surface area contributed by atoms with E-state index in [1.807, 2.05) is 6.07 Å². The average molecular weight is 342 g/mol. The van der Waals surface area contributed by atoms with Crippen molar-refractivity contribution in [2.24, 2.45) is 0 Å². The van der Waals surface area contributed by atoms with Gasteiger partial charge in [-0.15, -0.1) is 0 Å². The molecule has 0 saturated carbocycles. The van der Waals surface area contributed by atoms with Crippen molar-refractivity contribution in [1.82, 2.24) is 20.5 Å². The molecule has 1 unspecified atom stereocenters. The van der Waals surface area contributed by atoms with Crippen LogP contribution >= 0.6 is 0 Å². The number of ether oxygens (including phenoxy) is 1. The van der Waals surface area contributed by atoms with Gasteiger partial charge in [0, 0.05) is 30.6 Å². The third-order valence-electron chi connectivity index (χ3n) is 4.27. The number of H-pyrrole nitrogens is 1. The van der Waals surface area contributed by atoms with Crippen molar-refractivity contribution < 1.29 is 13.5 Å². The SMILES string of the molecule is Fc1ccc2c(c1)OCCCC2NCCc1nc(-c2ccco2)n[nH]1. The second kappa shape index (κ2) is 7.06. The standard InChI is InChI=1S/C18H19FN4O2/c19-12-5-6-13-14(3-1-9-25-16(13)11-12)20-8-7-17-21-18(23-22-17)15-4-2-10-24-15/h2,4-6,10-11,14,20H,1,3,7-9H2,(H,21,22,23). The minimum atomic E-state index is -0.272. The molecule has 0 amide bonds. The van der Waals surface area contributed by atoms with E-state index in [0.29, 0.717) is 30.4 Å². The third kappa shape index (κ3) is 3.56. The number of hydrogen-bond donors (Lipinski definition) is 2. The molecule has 0 fully saturated rings. The second-order valence-electron chi connectivity index (χ2n) is 6.01. The molecule has 6 nitrogen and oxygen atoms in total. The first kappa shape index (κ1) is 15.8. The van der Waals surface area contributed by atoms with Crippen LogP contribution in [-0.4, -0.2) is 28.3 Å². The molecule has 3 aromatic rings. The van der Waals surface area contributed by atoms with E-state index in [0.717, 1.165) is 30.8 Å². The average Bonchev–Trinajstić information content (AvgIpc) is 3.25. The lowest BCUT2D eigenvalue weighted by molar-refractivity contribution is 0.314. The molecular weight excluding hydrogens is 323 g/mol. The largest absolute Gasteiger partial charge is 0.493 e. The van der Waals surface area contributed by atoms with Crippen LogP contribution in [0.5, 0.6) is 5.75 Å². The Labute approximate surface area is 144 Å². The van der Waals surface area contributed by atoms with Crippen LogP contribution in [0.4, 0.5) is 4.39 Å². The molecule has 0 spiro atoms. The van der Waals surface area contributed by atoms with Crippen LogP contribution in [0.3, 0.4) is 0 Å². The molecule has 0 saturated heterocycles. The van der Waals surface area contributed by atoms with Gasteiger partial charge in [-0.05, 0) is 31.0 Å². The number of aromatic nitrogens is 3. The lowest BCUT2D eigenvalue weighted by atomic mass is 10.0. The highest BCUT2D eigenvalue weighted by atomic mass is 19.1. The lowest BCUT2D eigenvalue weighted by Gasteiger charge is -2.18. The highest BCUT2D eigenvalue weighted by Gasteiger charge is 2.20. The normalized spacial score (nSPS) is 16.9. The Morgan fingerprint density at radius 2 is 2.28 bits per heavy atom. The van der Waals surface area contributed by atoms with Gasteiger partial charge in [0.1, 0.15) is 17.4 Å². The summed E-state index contributed by atoms with van der Waals surface area (Å²) in [4.78, 5) is 4.44. The van der Waals surface area contributed by atoms with Gasteiger partial charge in [0.05, 0.1) is 12.9 Å². The van der Waals surface area contributed by atoms with E-state index in [4.69, 9.17) is 9.15 Å². The van der Waals surface area contributed by atoms with Gasteiger partial charge >= 0.3 is 0 Å². The summed E-state index contributed by atoms with van der Waals surface area (Å²) in [5, 5.41) is 10.6. The molecule has 1 aliphatic rings. The molecular formula is C18H19FN4O2. The van der Waals surface area contributed by atoms with E-state index in [1.54, 1.807) is 18.4 Å². The molecule has 1 atom stereocenters. The highest BCUT2D eigenvalue weighted by Crippen LogP contribution is 2.31. The van der Waals surface area contributed by atoms with E-state index >= 15 is 0 Å². The Kier molecular flexibility index (Phi) is 4.47. The predicted molar refractivity (Wildman–Crippen MR) is 89.7 cm³/mol. The van der Waals surface area contributed by atoms with E-state index in [-0.39, 0.29) is 11.9 Å². The molecule has 2 aromatic heterocycles. The van der Waals surface area contributed by atoms with Crippen LogP contribution < -0.4 is 10.1 Å². The second-order valence-corrected chi connectivity index (χ2v) is 6.01. The first-order valence-electron chi connectivity index (χ1n) is 8.40. The maximum absolute atomic E-state index is 13.4. The Morgan fingerprint density at radius 3 is 3.16 bits per heavy atom. The van der Waals surface area contributed by atoms with Crippen LogP contribution in [0, 0.1) is 5.82 Å². The summed E-state index contributed by atoms with van der Waals surface area (Å²) in [6.07, 6.45) is 4.19. The molecule has 1 aromatic carbocycles. The number of halogens is 1. The van der Waals surface area contributed by atoms with Crippen molar-refractivity contribution in [3.63, 3.8) is 0 Å². The number of aromatic amines is 1. The topological polar surface area (TPSA) is 76.0 Å². The van der Waals surface area contributed by atoms with E-state index in [1.165, 1.54) is 12.1 Å². The molecule has 7 heteroatoms. The molecule has 0 bridgehead atoms. The zero-order valence-electron chi connectivity index (χ0n) is 13.7. The van der Waals surface area contributed by atoms with Crippen LogP contribution in [-0.2, 0) is 6.42 Å². The summed E-state index contributed by atoms with van der Waals surface area (Å²) >= 11 is 0. The number of furan rings is 1. The molecule has 0 radical (unpaired) electrons. The van der Waals surface area contributed by atoms with Crippen LogP contribution in [0.15, 0.2) is 41.0 Å². The number of nitrogens with zero attached hydrogens (tertiary/aromatic N) is 2. The number of benzene rings is 1. The Balaban J connectivity index is 1.39. The van der Waals surface area contributed by atoms with Gasteiger partial charge in [0.15, 0.2) is 5.76 Å². The third-order valence-corrected chi connectivity index (χ3v) is 4.27. The zero-order valence-corrected chi connectivity index (χ0v) is 13.7. The van der Waals surface area contributed by atoms with Crippen molar-refractivity contribution >= 4 is 0 Å². The van der Waals surface area contributed by atoms with Crippen LogP contribution in [0.25, 0.3) is 11.6 Å². The summed E-state index contributed by atoms with van der Waals surface area (Å²) in [6.45, 7) is 1.34. The minimum absolute atomic E-state index is 0.144. The molecule has 3 heterocycles. The van der Waals surface area contributed by atoms with Crippen molar-refractivity contribution in [3.8, 4) is 17.3 Å². The fourth-order valence-corrected chi connectivity index (χ4v) is 3.05. The van der Waals surface area contributed by atoms with Crippen molar-refractivity contribution in [1.29, 1.82) is 0 Å². The lowest BCUT2D eigenvalue weighted by Crippen LogP contribution is -2.23. The first-order chi connectivity index (χ1) is 12.3. The monoisotopic (exact) mass is 342 g/mol. The van der Waals surface area contributed by atoms with Crippen LogP contribution in [0.1, 0.15) is 30.3 Å². The van der Waals surface area contributed by atoms with Gasteiger partial charge in [-0.25, -0.2) is 9.37 Å². The Morgan fingerprint density at radius 1 is 1.32 bits per heavy atom. The van der Waals surface area contributed by atoms with Gasteiger partial charge in [-0.1, -0.05) is 6.07 Å². The van der Waals surface area contributed by atoms with E-state index in [9.17, 15) is 4.39 Å². The molecule has 4 rings (SSSR count). The molecule has 25 heavy (non-hydrogen) atoms. The molecule has 0 aliphatic carbocycles. The molecule has 130 valence electrons. The van der Waals surface area contributed by atoms with Crippen molar-refractivity contribution in [2.75, 3.05) is 13.2 Å². The van der Waals surface area contributed by atoms with Gasteiger partial charge in [0.25, 0.3) is 0 Å². The number of hydrogen-bond acceptors (Lipinski definition) is 5. The quantitative estimate of drug-likeness (QED) is 0.744. The number of fused-ring (bicyclic) bond motifs is 1. The van der Waals surface area contributed by atoms with E-state index in [2.05, 4.69) is 20.5 Å². The molecule has 1 aliphatic heterocycles. The minimum Gasteiger partial charge on any atom is -0.493 e.